The van der Waals surface area contributed by atoms with Crippen LogP contribution < -0.4 is 5.32 Å². The van der Waals surface area contributed by atoms with E-state index >= 15 is 0 Å². The molecule has 1 aromatic carbocycles. The van der Waals surface area contributed by atoms with Crippen LogP contribution in [0.3, 0.4) is 0 Å². The van der Waals surface area contributed by atoms with Gasteiger partial charge < -0.3 is 10.4 Å². The van der Waals surface area contributed by atoms with E-state index in [-0.39, 0.29) is 11.8 Å². The Hall–Kier alpha value is -1.84. The lowest BCUT2D eigenvalue weighted by Crippen LogP contribution is -2.41. The number of aliphatic carboxylic acids is 1. The molecule has 0 aliphatic carbocycles. The quantitative estimate of drug-likeness (QED) is 0.858. The number of carboxylic acids is 1. The second kappa shape index (κ2) is 6.36. The average molecular weight is 263 g/mol. The number of carboxylic acid groups (broad SMARTS) is 1. The van der Waals surface area contributed by atoms with E-state index in [2.05, 4.69) is 5.32 Å². The van der Waals surface area contributed by atoms with E-state index in [1.54, 1.807) is 6.07 Å². The molecule has 19 heavy (non-hydrogen) atoms. The number of carbonyl (C=O) groups excluding carboxylic acids is 1. The fourth-order valence-electron chi connectivity index (χ4n) is 2.00. The molecule has 2 N–H and O–H groups in total. The van der Waals surface area contributed by atoms with Crippen LogP contribution in [0.25, 0.3) is 0 Å². The Morgan fingerprint density at radius 3 is 2.37 bits per heavy atom. The van der Waals surface area contributed by atoms with Gasteiger partial charge in [-0.05, 0) is 37.8 Å². The minimum absolute atomic E-state index is 0.209. The van der Waals surface area contributed by atoms with Crippen molar-refractivity contribution in [2.45, 2.75) is 40.2 Å². The van der Waals surface area contributed by atoms with Crippen molar-refractivity contribution in [1.82, 2.24) is 5.32 Å². The summed E-state index contributed by atoms with van der Waals surface area (Å²) in [5.41, 5.74) is 2.46. The molecule has 4 heteroatoms. The predicted octanol–water partition coefficient (Wildman–Crippen LogP) is 2.53. The van der Waals surface area contributed by atoms with Crippen molar-refractivity contribution in [3.63, 3.8) is 0 Å². The molecule has 1 amide bonds. The lowest BCUT2D eigenvalue weighted by molar-refractivity contribution is -0.139. The third-order valence-electron chi connectivity index (χ3n) is 2.94. The summed E-state index contributed by atoms with van der Waals surface area (Å²) < 4.78 is 0. The van der Waals surface area contributed by atoms with Gasteiger partial charge in [-0.2, -0.15) is 0 Å². The molecule has 0 unspecified atom stereocenters. The van der Waals surface area contributed by atoms with Crippen LogP contribution in [0.5, 0.6) is 0 Å². The van der Waals surface area contributed by atoms with Crippen LogP contribution in [-0.2, 0) is 4.79 Å². The molecule has 1 aromatic rings. The van der Waals surface area contributed by atoms with E-state index in [1.165, 1.54) is 0 Å². The second-order valence-corrected chi connectivity index (χ2v) is 5.31. The SMILES string of the molecule is Cc1ccc(C(=O)N[C@@H](CC(C)C)C(=O)O)c(C)c1. The zero-order chi connectivity index (χ0) is 14.6. The van der Waals surface area contributed by atoms with Gasteiger partial charge in [0.1, 0.15) is 6.04 Å². The Balaban J connectivity index is 2.84. The zero-order valence-electron chi connectivity index (χ0n) is 11.9. The minimum Gasteiger partial charge on any atom is -0.480 e. The van der Waals surface area contributed by atoms with Gasteiger partial charge in [-0.25, -0.2) is 4.79 Å². The largest absolute Gasteiger partial charge is 0.480 e. The highest BCUT2D eigenvalue weighted by Gasteiger charge is 2.22. The molecule has 0 spiro atoms. The second-order valence-electron chi connectivity index (χ2n) is 5.31. The first-order valence-electron chi connectivity index (χ1n) is 6.42. The number of carbonyl (C=O) groups is 2. The summed E-state index contributed by atoms with van der Waals surface area (Å²) in [5.74, 6) is -1.11. The molecule has 0 radical (unpaired) electrons. The Morgan fingerprint density at radius 2 is 1.89 bits per heavy atom. The van der Waals surface area contributed by atoms with E-state index in [4.69, 9.17) is 5.11 Å². The summed E-state index contributed by atoms with van der Waals surface area (Å²) in [6, 6.07) is 4.65. The van der Waals surface area contributed by atoms with Gasteiger partial charge in [-0.1, -0.05) is 31.5 Å². The first-order valence-corrected chi connectivity index (χ1v) is 6.42. The average Bonchev–Trinajstić information content (AvgIpc) is 2.26. The Labute approximate surface area is 113 Å². The van der Waals surface area contributed by atoms with Crippen molar-refractivity contribution >= 4 is 11.9 Å². The first kappa shape index (κ1) is 15.2. The van der Waals surface area contributed by atoms with E-state index < -0.39 is 12.0 Å². The molecule has 0 saturated heterocycles. The number of rotatable bonds is 5. The smallest absolute Gasteiger partial charge is 0.326 e. The molecule has 4 nitrogen and oxygen atoms in total. The van der Waals surface area contributed by atoms with Crippen molar-refractivity contribution in [1.29, 1.82) is 0 Å². The van der Waals surface area contributed by atoms with Gasteiger partial charge >= 0.3 is 5.97 Å². The van der Waals surface area contributed by atoms with Crippen molar-refractivity contribution in [3.8, 4) is 0 Å². The highest BCUT2D eigenvalue weighted by Crippen LogP contribution is 2.12. The summed E-state index contributed by atoms with van der Waals surface area (Å²) in [4.78, 5) is 23.2. The van der Waals surface area contributed by atoms with Crippen molar-refractivity contribution in [2.24, 2.45) is 5.92 Å². The van der Waals surface area contributed by atoms with Crippen LogP contribution in [0.1, 0.15) is 41.8 Å². The maximum absolute atomic E-state index is 12.1. The van der Waals surface area contributed by atoms with Crippen molar-refractivity contribution in [2.75, 3.05) is 0 Å². The lowest BCUT2D eigenvalue weighted by atomic mass is 10.0. The van der Waals surface area contributed by atoms with Crippen LogP contribution in [0, 0.1) is 19.8 Å². The molecular weight excluding hydrogens is 242 g/mol. The molecule has 0 bridgehead atoms. The standard InChI is InChI=1S/C15H21NO3/c1-9(2)7-13(15(18)19)16-14(17)12-6-5-10(3)8-11(12)4/h5-6,8-9,13H,7H2,1-4H3,(H,16,17)(H,18,19)/t13-/m0/s1. The Morgan fingerprint density at radius 1 is 1.26 bits per heavy atom. The zero-order valence-corrected chi connectivity index (χ0v) is 11.9. The van der Waals surface area contributed by atoms with Gasteiger partial charge in [-0.15, -0.1) is 0 Å². The molecule has 0 fully saturated rings. The summed E-state index contributed by atoms with van der Waals surface area (Å²) in [5, 5.41) is 11.7. The molecule has 0 aliphatic heterocycles. The predicted molar refractivity (Wildman–Crippen MR) is 74.3 cm³/mol. The fraction of sp³-hybridized carbons (Fsp3) is 0.467. The highest BCUT2D eigenvalue weighted by atomic mass is 16.4. The lowest BCUT2D eigenvalue weighted by Gasteiger charge is -2.17. The maximum Gasteiger partial charge on any atom is 0.326 e. The molecule has 0 aromatic heterocycles. The fourth-order valence-corrected chi connectivity index (χ4v) is 2.00. The van der Waals surface area contributed by atoms with Gasteiger partial charge in [0.2, 0.25) is 0 Å². The third kappa shape index (κ3) is 4.39. The van der Waals surface area contributed by atoms with E-state index in [1.807, 2.05) is 39.8 Å². The topological polar surface area (TPSA) is 66.4 Å². The summed E-state index contributed by atoms with van der Waals surface area (Å²) in [6.45, 7) is 7.66. The van der Waals surface area contributed by atoms with Gasteiger partial charge in [0, 0.05) is 5.56 Å². The van der Waals surface area contributed by atoms with Crippen LogP contribution in [0.4, 0.5) is 0 Å². The van der Waals surface area contributed by atoms with E-state index in [9.17, 15) is 9.59 Å². The number of nitrogens with one attached hydrogen (secondary N) is 1. The molecule has 0 saturated carbocycles. The van der Waals surface area contributed by atoms with Crippen molar-refractivity contribution in [3.05, 3.63) is 34.9 Å². The van der Waals surface area contributed by atoms with Crippen LogP contribution in [0.15, 0.2) is 18.2 Å². The van der Waals surface area contributed by atoms with Crippen LogP contribution >= 0.6 is 0 Å². The summed E-state index contributed by atoms with van der Waals surface area (Å²) in [6.07, 6.45) is 0.423. The molecule has 0 heterocycles. The summed E-state index contributed by atoms with van der Waals surface area (Å²) in [7, 11) is 0. The number of aryl methyl sites for hydroxylation is 2. The molecule has 104 valence electrons. The third-order valence-corrected chi connectivity index (χ3v) is 2.94. The molecule has 1 rings (SSSR count). The Bertz CT molecular complexity index is 480. The number of hydrogen-bond donors (Lipinski definition) is 2. The summed E-state index contributed by atoms with van der Waals surface area (Å²) >= 11 is 0. The number of hydrogen-bond acceptors (Lipinski definition) is 2. The first-order chi connectivity index (χ1) is 8.81. The molecule has 0 aliphatic rings. The normalized spacial score (nSPS) is 12.3. The van der Waals surface area contributed by atoms with Crippen LogP contribution in [-0.4, -0.2) is 23.0 Å². The highest BCUT2D eigenvalue weighted by molar-refractivity contribution is 5.97. The monoisotopic (exact) mass is 263 g/mol. The van der Waals surface area contributed by atoms with Gasteiger partial charge in [0.25, 0.3) is 5.91 Å². The van der Waals surface area contributed by atoms with Crippen molar-refractivity contribution < 1.29 is 14.7 Å². The minimum atomic E-state index is -0.994. The van der Waals surface area contributed by atoms with E-state index in [0.717, 1.165) is 11.1 Å². The molecule has 1 atom stereocenters. The van der Waals surface area contributed by atoms with Gasteiger partial charge in [-0.3, -0.25) is 4.79 Å². The Kier molecular flexibility index (Phi) is 5.10. The number of amides is 1. The van der Waals surface area contributed by atoms with Gasteiger partial charge in [0.05, 0.1) is 0 Å². The number of benzene rings is 1. The maximum atomic E-state index is 12.1. The van der Waals surface area contributed by atoms with E-state index in [0.29, 0.717) is 12.0 Å². The molecular formula is C15H21NO3. The van der Waals surface area contributed by atoms with Gasteiger partial charge in [0.15, 0.2) is 0 Å². The van der Waals surface area contributed by atoms with Crippen LogP contribution in [0.2, 0.25) is 0 Å².